The molecule has 0 spiro atoms. The molecule has 2 N–H and O–H groups in total. The molecule has 5 rings (SSSR count). The Labute approximate surface area is 192 Å². The summed E-state index contributed by atoms with van der Waals surface area (Å²) in [7, 11) is 0. The summed E-state index contributed by atoms with van der Waals surface area (Å²) in [5.41, 5.74) is 0.0306. The standard InChI is InChI=1S/C24H21F3N4O3/c25-24(26,27)16-10-14(11-28-12-16)19(32)21(34)31-9-6-18-17(13-31)20(33)30-22(29-18)23(7-8-23)15-4-2-1-3-5-15/h1-5,10-12,19,32H,6-9,13H2,(H,29,30,33). The average molecular weight is 470 g/mol. The Bertz CT molecular complexity index is 1300. The Morgan fingerprint density at radius 1 is 1.18 bits per heavy atom. The lowest BCUT2D eigenvalue weighted by molar-refractivity contribution is -0.142. The largest absolute Gasteiger partial charge is 0.417 e. The number of aromatic amines is 1. The topological polar surface area (TPSA) is 99.2 Å². The van der Waals surface area contributed by atoms with E-state index in [2.05, 4.69) is 9.97 Å². The average Bonchev–Trinajstić information content (AvgIpc) is 3.65. The van der Waals surface area contributed by atoms with Gasteiger partial charge in [0.05, 0.1) is 28.8 Å². The second-order valence-corrected chi connectivity index (χ2v) is 8.70. The van der Waals surface area contributed by atoms with Crippen LogP contribution in [-0.4, -0.2) is 37.4 Å². The molecule has 3 aromatic rings. The van der Waals surface area contributed by atoms with Gasteiger partial charge in [0.1, 0.15) is 5.82 Å². The van der Waals surface area contributed by atoms with Crippen molar-refractivity contribution < 1.29 is 23.1 Å². The molecular formula is C24H21F3N4O3. The van der Waals surface area contributed by atoms with Crippen LogP contribution in [0.5, 0.6) is 0 Å². The summed E-state index contributed by atoms with van der Waals surface area (Å²) in [4.78, 5) is 38.1. The van der Waals surface area contributed by atoms with Gasteiger partial charge >= 0.3 is 6.18 Å². The number of aliphatic hydroxyl groups excluding tert-OH is 1. The quantitative estimate of drug-likeness (QED) is 0.611. The second kappa shape index (κ2) is 8.05. The van der Waals surface area contributed by atoms with E-state index in [1.54, 1.807) is 0 Å². The molecule has 2 aromatic heterocycles. The molecule has 1 saturated carbocycles. The molecule has 1 amide bonds. The number of aromatic nitrogens is 3. The fraction of sp³-hybridized carbons (Fsp3) is 0.333. The van der Waals surface area contributed by atoms with Crippen molar-refractivity contribution in [2.75, 3.05) is 6.54 Å². The summed E-state index contributed by atoms with van der Waals surface area (Å²) in [6.45, 7) is 0.0993. The maximum Gasteiger partial charge on any atom is 0.417 e. The third-order valence-corrected chi connectivity index (χ3v) is 6.55. The fourth-order valence-electron chi connectivity index (χ4n) is 4.46. The van der Waals surface area contributed by atoms with Crippen LogP contribution in [0.1, 0.15) is 52.7 Å². The third-order valence-electron chi connectivity index (χ3n) is 6.55. The molecule has 0 radical (unpaired) electrons. The summed E-state index contributed by atoms with van der Waals surface area (Å²) in [5.74, 6) is -0.185. The van der Waals surface area contributed by atoms with Crippen molar-refractivity contribution in [1.82, 2.24) is 19.9 Å². The highest BCUT2D eigenvalue weighted by Crippen LogP contribution is 2.51. The van der Waals surface area contributed by atoms with Gasteiger partial charge in [-0.3, -0.25) is 14.6 Å². The summed E-state index contributed by atoms with van der Waals surface area (Å²) >= 11 is 0. The number of benzene rings is 1. The van der Waals surface area contributed by atoms with Gasteiger partial charge in [-0.05, 0) is 24.5 Å². The zero-order valence-corrected chi connectivity index (χ0v) is 18.0. The van der Waals surface area contributed by atoms with Gasteiger partial charge in [-0.15, -0.1) is 0 Å². The molecule has 34 heavy (non-hydrogen) atoms. The number of amides is 1. The predicted molar refractivity (Wildman–Crippen MR) is 115 cm³/mol. The number of nitrogens with one attached hydrogen (secondary N) is 1. The van der Waals surface area contributed by atoms with Crippen molar-refractivity contribution in [1.29, 1.82) is 0 Å². The summed E-state index contributed by atoms with van der Waals surface area (Å²) in [6, 6.07) is 10.5. The molecule has 0 bridgehead atoms. The van der Waals surface area contributed by atoms with Gasteiger partial charge in [-0.1, -0.05) is 30.3 Å². The highest BCUT2D eigenvalue weighted by atomic mass is 19.4. The van der Waals surface area contributed by atoms with Crippen LogP contribution >= 0.6 is 0 Å². The Kier molecular flexibility index (Phi) is 5.27. The molecule has 176 valence electrons. The van der Waals surface area contributed by atoms with Crippen molar-refractivity contribution >= 4 is 5.91 Å². The zero-order valence-electron chi connectivity index (χ0n) is 18.0. The van der Waals surface area contributed by atoms with Gasteiger partial charge in [-0.2, -0.15) is 13.2 Å². The fourth-order valence-corrected chi connectivity index (χ4v) is 4.46. The normalized spacial score (nSPS) is 17.7. The first-order chi connectivity index (χ1) is 16.2. The van der Waals surface area contributed by atoms with E-state index >= 15 is 0 Å². The SMILES string of the molecule is O=C(C(O)c1cncc(C(F)(F)F)c1)N1CCc2nc(C3(c4ccccc4)CC3)[nH]c(=O)c2C1. The number of carbonyl (C=O) groups is 1. The van der Waals surface area contributed by atoms with E-state index in [-0.39, 0.29) is 29.6 Å². The van der Waals surface area contributed by atoms with E-state index in [1.165, 1.54) is 4.90 Å². The summed E-state index contributed by atoms with van der Waals surface area (Å²) in [6.07, 6.45) is -2.77. The minimum Gasteiger partial charge on any atom is -0.378 e. The van der Waals surface area contributed by atoms with Crippen molar-refractivity contribution in [2.45, 2.75) is 43.5 Å². The minimum atomic E-state index is -4.65. The number of rotatable bonds is 4. The Morgan fingerprint density at radius 3 is 2.59 bits per heavy atom. The van der Waals surface area contributed by atoms with Crippen molar-refractivity contribution in [3.8, 4) is 0 Å². The smallest absolute Gasteiger partial charge is 0.378 e. The van der Waals surface area contributed by atoms with E-state index in [1.807, 2.05) is 30.3 Å². The first-order valence-electron chi connectivity index (χ1n) is 10.9. The molecule has 1 fully saturated rings. The number of hydrogen-bond donors (Lipinski definition) is 2. The molecule has 1 unspecified atom stereocenters. The van der Waals surface area contributed by atoms with Crippen LogP contribution in [0.3, 0.4) is 0 Å². The summed E-state index contributed by atoms with van der Waals surface area (Å²) in [5, 5.41) is 10.4. The lowest BCUT2D eigenvalue weighted by Gasteiger charge is -2.30. The minimum absolute atomic E-state index is 0.0848. The van der Waals surface area contributed by atoms with Gasteiger partial charge in [0.25, 0.3) is 11.5 Å². The number of pyridine rings is 1. The third kappa shape index (κ3) is 3.87. The predicted octanol–water partition coefficient (Wildman–Crippen LogP) is 2.88. The van der Waals surface area contributed by atoms with Crippen molar-refractivity contribution in [3.63, 3.8) is 0 Å². The van der Waals surface area contributed by atoms with Crippen LogP contribution in [0.4, 0.5) is 13.2 Å². The molecule has 10 heteroatoms. The van der Waals surface area contributed by atoms with Gasteiger partial charge in [-0.25, -0.2) is 4.98 Å². The van der Waals surface area contributed by atoms with E-state index < -0.39 is 23.8 Å². The number of carbonyl (C=O) groups excluding carboxylic acids is 1. The molecule has 1 aliphatic heterocycles. The highest BCUT2D eigenvalue weighted by Gasteiger charge is 2.48. The lowest BCUT2D eigenvalue weighted by atomic mass is 9.94. The molecule has 2 aliphatic rings. The van der Waals surface area contributed by atoms with Crippen molar-refractivity contribution in [2.24, 2.45) is 0 Å². The molecule has 0 saturated heterocycles. The lowest BCUT2D eigenvalue weighted by Crippen LogP contribution is -2.42. The monoisotopic (exact) mass is 470 g/mol. The Hall–Kier alpha value is -3.53. The van der Waals surface area contributed by atoms with Crippen LogP contribution in [0.25, 0.3) is 0 Å². The number of hydrogen-bond acceptors (Lipinski definition) is 5. The Balaban J connectivity index is 1.38. The highest BCUT2D eigenvalue weighted by molar-refractivity contribution is 5.82. The maximum absolute atomic E-state index is 13.0. The molecule has 1 aromatic carbocycles. The van der Waals surface area contributed by atoms with Crippen LogP contribution in [-0.2, 0) is 29.4 Å². The Morgan fingerprint density at radius 2 is 1.91 bits per heavy atom. The van der Waals surface area contributed by atoms with Crippen LogP contribution < -0.4 is 5.56 Å². The van der Waals surface area contributed by atoms with Gasteiger partial charge in [0, 0.05) is 30.9 Å². The molecule has 3 heterocycles. The zero-order chi connectivity index (χ0) is 24.1. The van der Waals surface area contributed by atoms with E-state index in [0.29, 0.717) is 35.8 Å². The maximum atomic E-state index is 13.0. The van der Waals surface area contributed by atoms with Gasteiger partial charge < -0.3 is 15.0 Å². The van der Waals surface area contributed by atoms with Gasteiger partial charge in [0.15, 0.2) is 6.10 Å². The van der Waals surface area contributed by atoms with E-state index in [4.69, 9.17) is 4.98 Å². The first kappa shape index (κ1) is 22.3. The van der Waals surface area contributed by atoms with Crippen LogP contribution in [0.15, 0.2) is 53.6 Å². The number of halogens is 3. The molecule has 7 nitrogen and oxygen atoms in total. The number of nitrogens with zero attached hydrogens (tertiary/aromatic N) is 3. The molecule has 1 aliphatic carbocycles. The van der Waals surface area contributed by atoms with E-state index in [9.17, 15) is 27.9 Å². The number of alkyl halides is 3. The van der Waals surface area contributed by atoms with Crippen molar-refractivity contribution in [3.05, 3.63) is 92.9 Å². The molecular weight excluding hydrogens is 449 g/mol. The van der Waals surface area contributed by atoms with Crippen LogP contribution in [0.2, 0.25) is 0 Å². The summed E-state index contributed by atoms with van der Waals surface area (Å²) < 4.78 is 38.9. The number of H-pyrrole nitrogens is 1. The van der Waals surface area contributed by atoms with E-state index in [0.717, 1.165) is 24.6 Å². The number of aliphatic hydroxyl groups is 1. The van der Waals surface area contributed by atoms with Crippen LogP contribution in [0, 0.1) is 0 Å². The van der Waals surface area contributed by atoms with Gasteiger partial charge in [0.2, 0.25) is 0 Å². The molecule has 1 atom stereocenters. The first-order valence-corrected chi connectivity index (χ1v) is 10.9. The number of fused-ring (bicyclic) bond motifs is 1. The second-order valence-electron chi connectivity index (χ2n) is 8.70.